The summed E-state index contributed by atoms with van der Waals surface area (Å²) in [6.45, 7) is 0. The van der Waals surface area contributed by atoms with Gasteiger partial charge in [-0.1, -0.05) is 5.10 Å². The van der Waals surface area contributed by atoms with Gasteiger partial charge in [0.1, 0.15) is 0 Å². The molecule has 0 aromatic carbocycles. The second-order valence-corrected chi connectivity index (χ2v) is 2.65. The Morgan fingerprint density at radius 3 is 1.67 bits per heavy atom. The van der Waals surface area contributed by atoms with Crippen LogP contribution in [0.5, 0.6) is 0 Å². The molecule has 0 aliphatic heterocycles. The van der Waals surface area contributed by atoms with Gasteiger partial charge in [0, 0.05) is 0 Å². The van der Waals surface area contributed by atoms with Crippen LogP contribution in [0.15, 0.2) is 0 Å². The number of aromatic amines is 1. The second-order valence-electron chi connectivity index (χ2n) is 2.65. The lowest BCUT2D eigenvalue weighted by atomic mass is 10.3. The zero-order chi connectivity index (χ0) is 14.1. The number of hydrogen-bond acceptors (Lipinski definition) is 10. The van der Waals surface area contributed by atoms with Gasteiger partial charge in [0.25, 0.3) is 0 Å². The molecule has 18 heavy (non-hydrogen) atoms. The highest BCUT2D eigenvalue weighted by Crippen LogP contribution is 2.24. The Morgan fingerprint density at radius 1 is 0.944 bits per heavy atom. The van der Waals surface area contributed by atoms with Crippen molar-refractivity contribution in [3.8, 4) is 0 Å². The van der Waals surface area contributed by atoms with Crippen molar-refractivity contribution in [1.29, 1.82) is 0 Å². The lowest BCUT2D eigenvalue weighted by Gasteiger charge is -2.02. The highest BCUT2D eigenvalue weighted by atomic mass is 16.7. The first-order valence-electron chi connectivity index (χ1n) is 3.75. The van der Waals surface area contributed by atoms with E-state index < -0.39 is 37.3 Å². The summed E-state index contributed by atoms with van der Waals surface area (Å²) in [7, 11) is 0. The molecule has 15 heteroatoms. The van der Waals surface area contributed by atoms with Crippen LogP contribution in [0.3, 0.4) is 0 Å². The first-order chi connectivity index (χ1) is 8.24. The number of aromatic nitrogens is 3. The third kappa shape index (κ3) is 1.54. The van der Waals surface area contributed by atoms with Crippen LogP contribution in [0.2, 0.25) is 0 Å². The smallest absolute Gasteiger partial charge is 0.390 e. The van der Waals surface area contributed by atoms with Crippen LogP contribution in [0, 0.1) is 40.5 Å². The molecular weight excluding hydrogens is 262 g/mol. The molecule has 0 atom stereocenters. The molecule has 0 amide bonds. The van der Waals surface area contributed by atoms with Crippen molar-refractivity contribution < 1.29 is 19.7 Å². The van der Waals surface area contributed by atoms with Crippen molar-refractivity contribution >= 4 is 5.95 Å². The van der Waals surface area contributed by atoms with Crippen molar-refractivity contribution in [1.82, 2.24) is 15.2 Å². The van der Waals surface area contributed by atoms with E-state index in [1.54, 1.807) is 0 Å². The van der Waals surface area contributed by atoms with Crippen LogP contribution >= 0.6 is 0 Å². The molecule has 1 heterocycles. The molecular formula is C3HN7O8. The fourth-order valence-corrected chi connectivity index (χ4v) is 0.930. The molecule has 96 valence electrons. The van der Waals surface area contributed by atoms with E-state index in [0.717, 1.165) is 0 Å². The quantitative estimate of drug-likeness (QED) is 0.374. The number of rotatable bonds is 5. The van der Waals surface area contributed by atoms with E-state index in [-0.39, 0.29) is 0 Å². The second kappa shape index (κ2) is 3.96. The summed E-state index contributed by atoms with van der Waals surface area (Å²) in [5, 5.41) is 46.1. The molecule has 1 N–H and O–H groups in total. The van der Waals surface area contributed by atoms with Gasteiger partial charge in [-0.25, -0.2) is 0 Å². The van der Waals surface area contributed by atoms with Crippen LogP contribution in [-0.2, 0) is 5.79 Å². The number of nitro groups is 4. The van der Waals surface area contributed by atoms with Crippen LogP contribution < -0.4 is 0 Å². The molecule has 0 spiro atoms. The minimum atomic E-state index is -4.09. The molecule has 0 unspecified atom stereocenters. The number of nitrogens with zero attached hydrogens (tertiary/aromatic N) is 6. The topological polar surface area (TPSA) is 214 Å². The van der Waals surface area contributed by atoms with Crippen LogP contribution in [0.25, 0.3) is 0 Å². The van der Waals surface area contributed by atoms with Crippen molar-refractivity contribution in [2.75, 3.05) is 0 Å². The molecule has 1 rings (SSSR count). The molecule has 0 radical (unpaired) electrons. The first kappa shape index (κ1) is 12.8. The SMILES string of the molecule is O=[N+]([O-])c1nc(C([N+](=O)[O-])([N+](=O)[O-])[N+](=O)[O-])n[nH]1. The van der Waals surface area contributed by atoms with Crippen LogP contribution in [0.4, 0.5) is 5.95 Å². The van der Waals surface area contributed by atoms with Gasteiger partial charge in [0.2, 0.25) is 0 Å². The molecule has 0 saturated heterocycles. The van der Waals surface area contributed by atoms with E-state index in [4.69, 9.17) is 0 Å². The van der Waals surface area contributed by atoms with E-state index in [1.165, 1.54) is 5.10 Å². The Balaban J connectivity index is 3.52. The highest BCUT2D eigenvalue weighted by molar-refractivity contribution is 5.04. The van der Waals surface area contributed by atoms with E-state index in [9.17, 15) is 40.5 Å². The third-order valence-corrected chi connectivity index (χ3v) is 1.71. The number of H-pyrrole nitrogens is 1. The van der Waals surface area contributed by atoms with Crippen molar-refractivity contribution in [2.45, 2.75) is 5.79 Å². The Bertz CT molecular complexity index is 511. The Morgan fingerprint density at radius 2 is 1.39 bits per heavy atom. The first-order valence-corrected chi connectivity index (χ1v) is 3.75. The van der Waals surface area contributed by atoms with Gasteiger partial charge < -0.3 is 10.1 Å². The molecule has 0 bridgehead atoms. The zero-order valence-corrected chi connectivity index (χ0v) is 7.95. The van der Waals surface area contributed by atoms with Gasteiger partial charge in [-0.15, -0.1) is 5.10 Å². The number of nitrogens with one attached hydrogen (secondary N) is 1. The van der Waals surface area contributed by atoms with Gasteiger partial charge in [0.15, 0.2) is 14.8 Å². The highest BCUT2D eigenvalue weighted by Gasteiger charge is 2.79. The summed E-state index contributed by atoms with van der Waals surface area (Å²) >= 11 is 0. The molecule has 0 aliphatic rings. The Hall–Kier alpha value is -3.26. The summed E-state index contributed by atoms with van der Waals surface area (Å²) in [6.07, 6.45) is 0. The van der Waals surface area contributed by atoms with Gasteiger partial charge in [-0.2, -0.15) is 0 Å². The number of hydrogen-bond donors (Lipinski definition) is 1. The van der Waals surface area contributed by atoms with Crippen molar-refractivity contribution in [3.05, 3.63) is 46.3 Å². The summed E-state index contributed by atoms with van der Waals surface area (Å²) in [5.41, 5.74) is 0. The summed E-state index contributed by atoms with van der Waals surface area (Å²) in [4.78, 5) is 37.8. The van der Waals surface area contributed by atoms with Crippen LogP contribution in [0.1, 0.15) is 5.82 Å². The van der Waals surface area contributed by atoms with Crippen molar-refractivity contribution in [2.24, 2.45) is 0 Å². The van der Waals surface area contributed by atoms with E-state index in [2.05, 4.69) is 10.1 Å². The fourth-order valence-electron chi connectivity index (χ4n) is 0.930. The molecule has 0 aliphatic carbocycles. The third-order valence-electron chi connectivity index (χ3n) is 1.71. The maximum Gasteiger partial charge on any atom is 0.782 e. The Kier molecular flexibility index (Phi) is 2.82. The van der Waals surface area contributed by atoms with E-state index in [1.807, 2.05) is 0 Å². The minimum Gasteiger partial charge on any atom is -0.390 e. The molecule has 15 nitrogen and oxygen atoms in total. The van der Waals surface area contributed by atoms with Crippen molar-refractivity contribution in [3.63, 3.8) is 0 Å². The maximum absolute atomic E-state index is 10.5. The standard InChI is InChI=1S/C3HN7O8/c11-7(12)2-4-1(5-6-2)3(8(13)14,9(15)16)10(17)18/h(H,4,5,6). The summed E-state index contributed by atoms with van der Waals surface area (Å²) < 4.78 is 0. The predicted molar refractivity (Wildman–Crippen MR) is 45.7 cm³/mol. The van der Waals surface area contributed by atoms with Gasteiger partial charge >= 0.3 is 17.6 Å². The van der Waals surface area contributed by atoms with Gasteiger partial charge in [-0.3, -0.25) is 30.3 Å². The monoisotopic (exact) mass is 263 g/mol. The fraction of sp³-hybridized carbons (Fsp3) is 0.333. The van der Waals surface area contributed by atoms with Crippen LogP contribution in [-0.4, -0.2) is 34.9 Å². The molecule has 1 aromatic rings. The zero-order valence-electron chi connectivity index (χ0n) is 7.95. The normalized spacial score (nSPS) is 10.9. The van der Waals surface area contributed by atoms with Gasteiger partial charge in [0.05, 0.1) is 0 Å². The Labute approximate surface area is 94.0 Å². The minimum absolute atomic E-state index is 1.19. The molecule has 1 aromatic heterocycles. The summed E-state index contributed by atoms with van der Waals surface area (Å²) in [5.74, 6) is -6.83. The predicted octanol–water partition coefficient (Wildman–Crippen LogP) is -1.35. The molecule has 0 fully saturated rings. The van der Waals surface area contributed by atoms with E-state index in [0.29, 0.717) is 0 Å². The molecule has 0 saturated carbocycles. The largest absolute Gasteiger partial charge is 0.782 e. The maximum atomic E-state index is 10.5. The van der Waals surface area contributed by atoms with Gasteiger partial charge in [-0.05, 0) is 9.91 Å². The lowest BCUT2D eigenvalue weighted by molar-refractivity contribution is -0.987. The van der Waals surface area contributed by atoms with E-state index >= 15 is 0 Å². The average Bonchev–Trinajstić information content (AvgIpc) is 2.66. The summed E-state index contributed by atoms with van der Waals surface area (Å²) in [6, 6.07) is 0. The average molecular weight is 263 g/mol. The lowest BCUT2D eigenvalue weighted by Crippen LogP contribution is -2.51.